The van der Waals surface area contributed by atoms with E-state index in [0.717, 1.165) is 22.4 Å². The lowest BCUT2D eigenvalue weighted by Crippen LogP contribution is -2.23. The standard InChI is InChI=1S/C26H28N2O3/c1-18(2)23-14-7-9-19(3)25(23)28-24(29)17-31-22-13-8-12-21(15-22)26(30)27-16-20-10-5-4-6-11-20/h4-15,18H,16-17H2,1-3H3,(H,27,30)(H,28,29). The van der Waals surface area contributed by atoms with Crippen molar-refractivity contribution < 1.29 is 14.3 Å². The van der Waals surface area contributed by atoms with Crippen LogP contribution in [0.15, 0.2) is 72.8 Å². The van der Waals surface area contributed by atoms with E-state index in [1.165, 1.54) is 0 Å². The first-order valence-corrected chi connectivity index (χ1v) is 10.4. The average Bonchev–Trinajstić information content (AvgIpc) is 2.78. The fourth-order valence-corrected chi connectivity index (χ4v) is 3.27. The highest BCUT2D eigenvalue weighted by atomic mass is 16.5. The van der Waals surface area contributed by atoms with Gasteiger partial charge in [-0.3, -0.25) is 9.59 Å². The van der Waals surface area contributed by atoms with Crippen molar-refractivity contribution in [3.8, 4) is 5.75 Å². The summed E-state index contributed by atoms with van der Waals surface area (Å²) in [6.45, 7) is 6.47. The van der Waals surface area contributed by atoms with Crippen LogP contribution in [0.5, 0.6) is 5.75 Å². The van der Waals surface area contributed by atoms with Gasteiger partial charge in [0.05, 0.1) is 0 Å². The monoisotopic (exact) mass is 416 g/mol. The molecule has 0 bridgehead atoms. The van der Waals surface area contributed by atoms with Gasteiger partial charge in [0, 0.05) is 17.8 Å². The van der Waals surface area contributed by atoms with Gasteiger partial charge in [-0.2, -0.15) is 0 Å². The Morgan fingerprint density at radius 2 is 1.68 bits per heavy atom. The molecule has 0 radical (unpaired) electrons. The molecule has 3 aromatic carbocycles. The van der Waals surface area contributed by atoms with Crippen molar-refractivity contribution in [2.24, 2.45) is 0 Å². The third-order valence-corrected chi connectivity index (χ3v) is 4.95. The normalized spacial score (nSPS) is 10.6. The Kier molecular flexibility index (Phi) is 7.44. The van der Waals surface area contributed by atoms with Crippen molar-refractivity contribution in [2.75, 3.05) is 11.9 Å². The summed E-state index contributed by atoms with van der Waals surface area (Å²) in [5.41, 5.74) is 4.44. The van der Waals surface area contributed by atoms with Crippen molar-refractivity contribution in [2.45, 2.75) is 33.2 Å². The van der Waals surface area contributed by atoms with Crippen LogP contribution in [-0.2, 0) is 11.3 Å². The number of benzene rings is 3. The minimum absolute atomic E-state index is 0.138. The first-order valence-electron chi connectivity index (χ1n) is 10.4. The molecule has 0 heterocycles. The van der Waals surface area contributed by atoms with Gasteiger partial charge in [0.1, 0.15) is 5.75 Å². The average molecular weight is 417 g/mol. The molecule has 31 heavy (non-hydrogen) atoms. The molecular formula is C26H28N2O3. The summed E-state index contributed by atoms with van der Waals surface area (Å²) in [5, 5.41) is 5.85. The van der Waals surface area contributed by atoms with E-state index in [0.29, 0.717) is 23.8 Å². The van der Waals surface area contributed by atoms with Crippen LogP contribution in [0.2, 0.25) is 0 Å². The molecule has 2 amide bonds. The fraction of sp³-hybridized carbons (Fsp3) is 0.231. The third-order valence-electron chi connectivity index (χ3n) is 4.95. The van der Waals surface area contributed by atoms with Gasteiger partial charge in [-0.05, 0) is 47.7 Å². The van der Waals surface area contributed by atoms with Gasteiger partial charge < -0.3 is 15.4 Å². The van der Waals surface area contributed by atoms with Gasteiger partial charge in [0.2, 0.25) is 0 Å². The first kappa shape index (κ1) is 22.1. The molecular weight excluding hydrogens is 388 g/mol. The van der Waals surface area contributed by atoms with Gasteiger partial charge in [0.15, 0.2) is 6.61 Å². The molecule has 0 saturated heterocycles. The van der Waals surface area contributed by atoms with E-state index < -0.39 is 0 Å². The number of carbonyl (C=O) groups is 2. The van der Waals surface area contributed by atoms with Crippen LogP contribution in [0, 0.1) is 6.92 Å². The predicted molar refractivity (Wildman–Crippen MR) is 123 cm³/mol. The maximum atomic E-state index is 12.5. The van der Waals surface area contributed by atoms with Crippen LogP contribution in [-0.4, -0.2) is 18.4 Å². The zero-order valence-corrected chi connectivity index (χ0v) is 18.1. The van der Waals surface area contributed by atoms with E-state index in [4.69, 9.17) is 4.74 Å². The lowest BCUT2D eigenvalue weighted by molar-refractivity contribution is -0.118. The molecule has 0 aliphatic heterocycles. The summed E-state index contributed by atoms with van der Waals surface area (Å²) in [6.07, 6.45) is 0. The van der Waals surface area contributed by atoms with Crippen molar-refractivity contribution in [3.05, 3.63) is 95.1 Å². The molecule has 0 aromatic heterocycles. The molecule has 0 atom stereocenters. The Bertz CT molecular complexity index is 1050. The highest BCUT2D eigenvalue weighted by molar-refractivity contribution is 5.95. The molecule has 3 aromatic rings. The number of hydrogen-bond acceptors (Lipinski definition) is 3. The minimum Gasteiger partial charge on any atom is -0.484 e. The number of amides is 2. The van der Waals surface area contributed by atoms with E-state index in [-0.39, 0.29) is 18.4 Å². The van der Waals surface area contributed by atoms with Crippen molar-refractivity contribution in [1.82, 2.24) is 5.32 Å². The Morgan fingerprint density at radius 3 is 2.42 bits per heavy atom. The van der Waals surface area contributed by atoms with Gasteiger partial charge >= 0.3 is 0 Å². The molecule has 5 nitrogen and oxygen atoms in total. The summed E-state index contributed by atoms with van der Waals surface area (Å²) in [7, 11) is 0. The van der Waals surface area contributed by atoms with Crippen LogP contribution >= 0.6 is 0 Å². The first-order chi connectivity index (χ1) is 14.9. The maximum absolute atomic E-state index is 12.5. The van der Waals surface area contributed by atoms with E-state index in [1.54, 1.807) is 24.3 Å². The molecule has 0 unspecified atom stereocenters. The quantitative estimate of drug-likeness (QED) is 0.539. The smallest absolute Gasteiger partial charge is 0.262 e. The van der Waals surface area contributed by atoms with E-state index in [9.17, 15) is 9.59 Å². The third kappa shape index (κ3) is 6.19. The number of ether oxygens (including phenoxy) is 1. The van der Waals surface area contributed by atoms with Crippen LogP contribution < -0.4 is 15.4 Å². The van der Waals surface area contributed by atoms with Crippen LogP contribution in [0.3, 0.4) is 0 Å². The van der Waals surface area contributed by atoms with E-state index in [2.05, 4.69) is 24.5 Å². The van der Waals surface area contributed by atoms with Crippen molar-refractivity contribution in [3.63, 3.8) is 0 Å². The predicted octanol–water partition coefficient (Wildman–Crippen LogP) is 5.07. The van der Waals surface area contributed by atoms with E-state index in [1.807, 2.05) is 55.5 Å². The molecule has 3 rings (SSSR count). The summed E-state index contributed by atoms with van der Waals surface area (Å²) in [5.74, 6) is 0.328. The van der Waals surface area contributed by atoms with E-state index >= 15 is 0 Å². The zero-order chi connectivity index (χ0) is 22.2. The second-order valence-corrected chi connectivity index (χ2v) is 7.73. The number of hydrogen-bond donors (Lipinski definition) is 2. The molecule has 2 N–H and O–H groups in total. The van der Waals surface area contributed by atoms with Crippen molar-refractivity contribution >= 4 is 17.5 Å². The largest absolute Gasteiger partial charge is 0.484 e. The molecule has 5 heteroatoms. The number of anilines is 1. The fourth-order valence-electron chi connectivity index (χ4n) is 3.27. The number of rotatable bonds is 8. The second-order valence-electron chi connectivity index (χ2n) is 7.73. The highest BCUT2D eigenvalue weighted by Gasteiger charge is 2.13. The number of carbonyl (C=O) groups excluding carboxylic acids is 2. The lowest BCUT2D eigenvalue weighted by Gasteiger charge is -2.16. The maximum Gasteiger partial charge on any atom is 0.262 e. The molecule has 0 spiro atoms. The number of para-hydroxylation sites is 1. The summed E-state index contributed by atoms with van der Waals surface area (Å²) in [4.78, 5) is 24.9. The Hall–Kier alpha value is -3.60. The van der Waals surface area contributed by atoms with Crippen LogP contribution in [0.1, 0.15) is 46.8 Å². The van der Waals surface area contributed by atoms with Gasteiger partial charge in [-0.1, -0.05) is 68.4 Å². The van der Waals surface area contributed by atoms with Crippen LogP contribution in [0.25, 0.3) is 0 Å². The Balaban J connectivity index is 1.58. The number of aryl methyl sites for hydroxylation is 1. The highest BCUT2D eigenvalue weighted by Crippen LogP contribution is 2.27. The molecule has 0 aliphatic carbocycles. The van der Waals surface area contributed by atoms with Crippen molar-refractivity contribution in [1.29, 1.82) is 0 Å². The molecule has 160 valence electrons. The van der Waals surface area contributed by atoms with Gasteiger partial charge in [-0.25, -0.2) is 0 Å². The Morgan fingerprint density at radius 1 is 0.935 bits per heavy atom. The summed E-state index contributed by atoms with van der Waals surface area (Å²) in [6, 6.07) is 22.5. The Labute approximate surface area is 183 Å². The zero-order valence-electron chi connectivity index (χ0n) is 18.1. The summed E-state index contributed by atoms with van der Waals surface area (Å²) >= 11 is 0. The SMILES string of the molecule is Cc1cccc(C(C)C)c1NC(=O)COc1cccc(C(=O)NCc2ccccc2)c1. The lowest BCUT2D eigenvalue weighted by atomic mass is 9.98. The summed E-state index contributed by atoms with van der Waals surface area (Å²) < 4.78 is 5.64. The second kappa shape index (κ2) is 10.4. The molecule has 0 aliphatic rings. The molecule has 0 fully saturated rings. The van der Waals surface area contributed by atoms with Gasteiger partial charge in [0.25, 0.3) is 11.8 Å². The van der Waals surface area contributed by atoms with Gasteiger partial charge in [-0.15, -0.1) is 0 Å². The minimum atomic E-state index is -0.241. The van der Waals surface area contributed by atoms with Crippen LogP contribution in [0.4, 0.5) is 5.69 Å². The topological polar surface area (TPSA) is 67.4 Å². The number of nitrogens with one attached hydrogen (secondary N) is 2. The molecule has 0 saturated carbocycles.